The van der Waals surface area contributed by atoms with Gasteiger partial charge in [-0.15, -0.1) is 0 Å². The Morgan fingerprint density at radius 1 is 1.13 bits per heavy atom. The molecule has 6 rings (SSSR count). The van der Waals surface area contributed by atoms with E-state index in [1.807, 2.05) is 0 Å². The zero-order chi connectivity index (χ0) is 21.1. The van der Waals surface area contributed by atoms with Crippen molar-refractivity contribution in [2.45, 2.75) is 12.5 Å². The predicted molar refractivity (Wildman–Crippen MR) is 107 cm³/mol. The van der Waals surface area contributed by atoms with Crippen LogP contribution in [-0.4, -0.2) is 35.5 Å². The van der Waals surface area contributed by atoms with Crippen molar-refractivity contribution in [2.24, 2.45) is 0 Å². The van der Waals surface area contributed by atoms with Crippen molar-refractivity contribution < 1.29 is 13.5 Å². The smallest absolute Gasteiger partial charge is 0.328 e. The number of benzene rings is 1. The molecule has 0 spiro atoms. The van der Waals surface area contributed by atoms with Crippen LogP contribution in [0, 0.1) is 11.6 Å². The van der Waals surface area contributed by atoms with Crippen molar-refractivity contribution in [3.8, 4) is 17.3 Å². The molecule has 1 N–H and O–H groups in total. The van der Waals surface area contributed by atoms with Gasteiger partial charge in [0.2, 0.25) is 0 Å². The van der Waals surface area contributed by atoms with E-state index in [2.05, 4.69) is 19.9 Å². The summed E-state index contributed by atoms with van der Waals surface area (Å²) in [5.74, 6) is -0.471. The van der Waals surface area contributed by atoms with Crippen LogP contribution in [0.25, 0.3) is 28.3 Å². The molecule has 0 unspecified atom stereocenters. The van der Waals surface area contributed by atoms with Gasteiger partial charge in [-0.3, -0.25) is 8.97 Å². The van der Waals surface area contributed by atoms with Crippen LogP contribution in [0.2, 0.25) is 0 Å². The number of pyridine rings is 1. The average Bonchev–Trinajstić information content (AvgIpc) is 3.33. The van der Waals surface area contributed by atoms with Crippen LogP contribution < -0.4 is 10.4 Å². The minimum absolute atomic E-state index is 0.145. The Balaban J connectivity index is 1.56. The molecule has 0 aliphatic carbocycles. The Morgan fingerprint density at radius 2 is 2.03 bits per heavy atom. The van der Waals surface area contributed by atoms with E-state index in [0.29, 0.717) is 34.5 Å². The number of para-hydroxylation sites is 1. The number of hydrogen-bond acceptors (Lipinski definition) is 5. The molecular weight excluding hydrogens is 406 g/mol. The number of H-pyrrole nitrogens is 1. The maximum Gasteiger partial charge on any atom is 0.328 e. The molecule has 1 atom stereocenters. The highest BCUT2D eigenvalue weighted by Crippen LogP contribution is 2.37. The highest BCUT2D eigenvalue weighted by atomic mass is 19.1. The minimum Gasteiger partial charge on any atom is -0.490 e. The van der Waals surface area contributed by atoms with Crippen molar-refractivity contribution in [3.05, 3.63) is 76.6 Å². The second-order valence-corrected chi connectivity index (χ2v) is 7.26. The molecule has 8 nitrogen and oxygen atoms in total. The fourth-order valence-corrected chi connectivity index (χ4v) is 4.09. The lowest BCUT2D eigenvalue weighted by atomic mass is 10.00. The molecule has 154 valence electrons. The number of nitrogens with zero attached hydrogens (tertiary/aromatic N) is 5. The molecule has 0 radical (unpaired) electrons. The van der Waals surface area contributed by atoms with Gasteiger partial charge in [0, 0.05) is 18.2 Å². The monoisotopic (exact) mass is 420 g/mol. The quantitative estimate of drug-likeness (QED) is 0.474. The summed E-state index contributed by atoms with van der Waals surface area (Å²) < 4.78 is 36.5. The SMILES string of the molecule is O=c1[nH]c2cnc(-c3cnc4ccc(F)cn34)nc2n1[C@@H]1CCOc2c(F)cccc21. The highest BCUT2D eigenvalue weighted by molar-refractivity contribution is 5.73. The maximum atomic E-state index is 14.2. The number of nitrogens with one attached hydrogen (secondary N) is 1. The first kappa shape index (κ1) is 17.8. The van der Waals surface area contributed by atoms with Crippen LogP contribution in [0.15, 0.2) is 53.7 Å². The van der Waals surface area contributed by atoms with Gasteiger partial charge in [-0.1, -0.05) is 12.1 Å². The van der Waals surface area contributed by atoms with E-state index in [-0.39, 0.29) is 23.9 Å². The van der Waals surface area contributed by atoms with Gasteiger partial charge >= 0.3 is 5.69 Å². The van der Waals surface area contributed by atoms with Crippen molar-refractivity contribution >= 4 is 16.8 Å². The molecule has 31 heavy (non-hydrogen) atoms. The summed E-state index contributed by atoms with van der Waals surface area (Å²) in [4.78, 5) is 28.8. The Kier molecular flexibility index (Phi) is 3.70. The number of halogens is 2. The third-order valence-corrected chi connectivity index (χ3v) is 5.46. The van der Waals surface area contributed by atoms with E-state index < -0.39 is 17.7 Å². The first-order chi connectivity index (χ1) is 15.1. The second kappa shape index (κ2) is 6.46. The molecular formula is C21H14F2N6O2. The van der Waals surface area contributed by atoms with Crippen LogP contribution in [-0.2, 0) is 0 Å². The number of rotatable bonds is 2. The van der Waals surface area contributed by atoms with Gasteiger partial charge in [0.1, 0.15) is 22.7 Å². The Morgan fingerprint density at radius 3 is 2.94 bits per heavy atom. The minimum atomic E-state index is -0.474. The summed E-state index contributed by atoms with van der Waals surface area (Å²) in [5.41, 5.74) is 2.02. The Labute approximate surface area is 172 Å². The molecule has 0 bridgehead atoms. The summed E-state index contributed by atoms with van der Waals surface area (Å²) in [6.07, 6.45) is 4.82. The molecule has 0 amide bonds. The molecule has 0 saturated heterocycles. The average molecular weight is 420 g/mol. The summed E-state index contributed by atoms with van der Waals surface area (Å²) in [5, 5.41) is 0. The van der Waals surface area contributed by atoms with E-state index in [1.54, 1.807) is 28.8 Å². The van der Waals surface area contributed by atoms with Crippen LogP contribution in [0.3, 0.4) is 0 Å². The molecule has 5 aromatic rings. The summed E-state index contributed by atoms with van der Waals surface area (Å²) >= 11 is 0. The molecule has 1 aliphatic rings. The number of fused-ring (bicyclic) bond motifs is 3. The second-order valence-electron chi connectivity index (χ2n) is 7.26. The summed E-state index contributed by atoms with van der Waals surface area (Å²) in [7, 11) is 0. The van der Waals surface area contributed by atoms with E-state index in [9.17, 15) is 13.6 Å². The standard InChI is InChI=1S/C21H14F2N6O2/c22-11-4-5-17-24-9-16(28(17)10-11)19-25-8-14-20(27-19)29(21(30)26-14)15-6-7-31-18-12(15)2-1-3-13(18)23/h1-5,8-10,15H,6-7H2,(H,26,30)/t15-/m1/s1. The Bertz CT molecular complexity index is 1540. The first-order valence-corrected chi connectivity index (χ1v) is 9.61. The van der Waals surface area contributed by atoms with E-state index in [4.69, 9.17) is 4.74 Å². The maximum absolute atomic E-state index is 14.2. The fourth-order valence-electron chi connectivity index (χ4n) is 4.09. The van der Waals surface area contributed by atoms with Gasteiger partial charge in [-0.25, -0.2) is 28.5 Å². The number of aromatic amines is 1. The van der Waals surface area contributed by atoms with Gasteiger partial charge in [0.05, 0.1) is 25.0 Å². The van der Waals surface area contributed by atoms with Crippen LogP contribution >= 0.6 is 0 Å². The van der Waals surface area contributed by atoms with Crippen LogP contribution in [0.4, 0.5) is 8.78 Å². The lowest BCUT2D eigenvalue weighted by molar-refractivity contribution is 0.244. The van der Waals surface area contributed by atoms with Gasteiger partial charge in [0.25, 0.3) is 0 Å². The summed E-state index contributed by atoms with van der Waals surface area (Å²) in [6, 6.07) is 7.07. The van der Waals surface area contributed by atoms with Gasteiger partial charge < -0.3 is 9.72 Å². The molecule has 0 saturated carbocycles. The van der Waals surface area contributed by atoms with Crippen molar-refractivity contribution in [2.75, 3.05) is 6.61 Å². The van der Waals surface area contributed by atoms with Crippen molar-refractivity contribution in [1.29, 1.82) is 0 Å². The largest absolute Gasteiger partial charge is 0.490 e. The first-order valence-electron chi connectivity index (χ1n) is 9.61. The third kappa shape index (κ3) is 2.64. The molecule has 5 heterocycles. The normalized spacial score (nSPS) is 15.9. The lowest BCUT2D eigenvalue weighted by Crippen LogP contribution is -2.28. The zero-order valence-corrected chi connectivity index (χ0v) is 15.9. The van der Waals surface area contributed by atoms with Gasteiger partial charge in [-0.2, -0.15) is 0 Å². The molecule has 1 aliphatic heterocycles. The van der Waals surface area contributed by atoms with Gasteiger partial charge in [0.15, 0.2) is 23.0 Å². The lowest BCUT2D eigenvalue weighted by Gasteiger charge is -2.26. The Hall–Kier alpha value is -4.08. The van der Waals surface area contributed by atoms with E-state index in [1.165, 1.54) is 29.1 Å². The van der Waals surface area contributed by atoms with Crippen LogP contribution in [0.5, 0.6) is 5.75 Å². The number of imidazole rings is 2. The topological polar surface area (TPSA) is 90.1 Å². The van der Waals surface area contributed by atoms with Crippen LogP contribution in [0.1, 0.15) is 18.0 Å². The van der Waals surface area contributed by atoms with E-state index in [0.717, 1.165) is 0 Å². The zero-order valence-electron chi connectivity index (χ0n) is 15.9. The summed E-state index contributed by atoms with van der Waals surface area (Å²) in [6.45, 7) is 0.266. The van der Waals surface area contributed by atoms with Crippen molar-refractivity contribution in [1.82, 2.24) is 28.9 Å². The number of ether oxygens (including phenoxy) is 1. The van der Waals surface area contributed by atoms with Gasteiger partial charge in [-0.05, 0) is 18.2 Å². The molecule has 1 aromatic carbocycles. The van der Waals surface area contributed by atoms with E-state index >= 15 is 0 Å². The molecule has 10 heteroatoms. The predicted octanol–water partition coefficient (Wildman–Crippen LogP) is 3.08. The fraction of sp³-hybridized carbons (Fsp3) is 0.143. The number of aromatic nitrogens is 6. The third-order valence-electron chi connectivity index (χ3n) is 5.46. The molecule has 0 fully saturated rings. The molecule has 4 aromatic heterocycles. The van der Waals surface area contributed by atoms with Crippen molar-refractivity contribution in [3.63, 3.8) is 0 Å². The highest BCUT2D eigenvalue weighted by Gasteiger charge is 2.28. The number of hydrogen-bond donors (Lipinski definition) is 1.